The van der Waals surface area contributed by atoms with Crippen molar-refractivity contribution in [3.05, 3.63) is 81.2 Å². The summed E-state index contributed by atoms with van der Waals surface area (Å²) in [7, 11) is 3.50. The molecule has 3 aromatic heterocycles. The molecule has 1 N–H and O–H groups in total. The van der Waals surface area contributed by atoms with Crippen molar-refractivity contribution in [2.45, 2.75) is 20.8 Å². The van der Waals surface area contributed by atoms with E-state index in [2.05, 4.69) is 16.4 Å². The standard InChI is InChI=1S/C25H23N5O2/c1-14-6-7-19(28-24(31)23-10-17(12-26)16(3)29(23)4)11-20(14)21-9-18-13-27-15(2)8-22(18)30(5)25(21)32/h6-11,13H,1-5H3,(H,28,31). The van der Waals surface area contributed by atoms with E-state index in [1.807, 2.05) is 32.0 Å². The van der Waals surface area contributed by atoms with Crippen molar-refractivity contribution in [1.29, 1.82) is 5.26 Å². The van der Waals surface area contributed by atoms with Gasteiger partial charge in [0.25, 0.3) is 11.5 Å². The Morgan fingerprint density at radius 1 is 1.03 bits per heavy atom. The fourth-order valence-electron chi connectivity index (χ4n) is 3.87. The summed E-state index contributed by atoms with van der Waals surface area (Å²) < 4.78 is 3.32. The highest BCUT2D eigenvalue weighted by Crippen LogP contribution is 2.27. The van der Waals surface area contributed by atoms with Gasteiger partial charge < -0.3 is 14.5 Å². The average molecular weight is 425 g/mol. The molecule has 4 aromatic rings. The van der Waals surface area contributed by atoms with Crippen LogP contribution in [0.4, 0.5) is 5.69 Å². The minimum absolute atomic E-state index is 0.119. The van der Waals surface area contributed by atoms with Crippen molar-refractivity contribution in [2.75, 3.05) is 5.32 Å². The minimum Gasteiger partial charge on any atom is -0.343 e. The maximum Gasteiger partial charge on any atom is 0.272 e. The summed E-state index contributed by atoms with van der Waals surface area (Å²) in [6, 6.07) is 12.9. The molecule has 4 rings (SSSR count). The molecule has 0 saturated heterocycles. The molecule has 0 bridgehead atoms. The number of pyridine rings is 2. The normalized spacial score (nSPS) is 10.9. The highest BCUT2D eigenvalue weighted by atomic mass is 16.2. The summed E-state index contributed by atoms with van der Waals surface area (Å²) in [6.45, 7) is 5.62. The van der Waals surface area contributed by atoms with E-state index in [0.717, 1.165) is 33.4 Å². The van der Waals surface area contributed by atoms with E-state index in [9.17, 15) is 14.9 Å². The highest BCUT2D eigenvalue weighted by Gasteiger charge is 2.17. The Labute approximate surface area is 185 Å². The monoisotopic (exact) mass is 425 g/mol. The number of anilines is 1. The van der Waals surface area contributed by atoms with Gasteiger partial charge in [0.05, 0.1) is 11.1 Å². The first-order chi connectivity index (χ1) is 15.2. The van der Waals surface area contributed by atoms with Crippen LogP contribution in [0.5, 0.6) is 0 Å². The van der Waals surface area contributed by atoms with Crippen molar-refractivity contribution in [3.63, 3.8) is 0 Å². The maximum atomic E-state index is 13.1. The Kier molecular flexibility index (Phi) is 5.15. The molecule has 7 nitrogen and oxygen atoms in total. The molecule has 0 radical (unpaired) electrons. The van der Waals surface area contributed by atoms with Gasteiger partial charge in [-0.15, -0.1) is 0 Å². The first kappa shape index (κ1) is 21.1. The maximum absolute atomic E-state index is 13.1. The molecule has 160 valence electrons. The van der Waals surface area contributed by atoms with Crippen LogP contribution >= 0.6 is 0 Å². The number of carbonyl (C=O) groups is 1. The molecule has 3 heterocycles. The zero-order valence-corrected chi connectivity index (χ0v) is 18.6. The molecule has 0 aliphatic heterocycles. The topological polar surface area (TPSA) is 92.7 Å². The van der Waals surface area contributed by atoms with Gasteiger partial charge in [0.1, 0.15) is 11.8 Å². The second kappa shape index (κ2) is 7.82. The van der Waals surface area contributed by atoms with E-state index >= 15 is 0 Å². The van der Waals surface area contributed by atoms with Crippen LogP contribution in [0.15, 0.2) is 47.4 Å². The Bertz CT molecular complexity index is 1500. The first-order valence-electron chi connectivity index (χ1n) is 10.2. The summed E-state index contributed by atoms with van der Waals surface area (Å²) in [5.41, 5.74) is 5.90. The van der Waals surface area contributed by atoms with Crippen LogP contribution < -0.4 is 10.9 Å². The quantitative estimate of drug-likeness (QED) is 0.537. The van der Waals surface area contributed by atoms with E-state index in [4.69, 9.17) is 0 Å². The molecule has 0 spiro atoms. The number of hydrogen-bond acceptors (Lipinski definition) is 4. The summed E-state index contributed by atoms with van der Waals surface area (Å²) >= 11 is 0. The van der Waals surface area contributed by atoms with Gasteiger partial charge in [0, 0.05) is 48.3 Å². The van der Waals surface area contributed by atoms with Crippen molar-refractivity contribution in [2.24, 2.45) is 14.1 Å². The number of nitriles is 1. The first-order valence-corrected chi connectivity index (χ1v) is 10.2. The number of carbonyl (C=O) groups excluding carboxylic acids is 1. The van der Waals surface area contributed by atoms with Crippen molar-refractivity contribution in [1.82, 2.24) is 14.1 Å². The third-order valence-corrected chi connectivity index (χ3v) is 5.92. The zero-order valence-electron chi connectivity index (χ0n) is 18.6. The average Bonchev–Trinajstić information content (AvgIpc) is 3.06. The molecule has 0 saturated carbocycles. The third kappa shape index (κ3) is 3.46. The predicted octanol–water partition coefficient (Wildman–Crippen LogP) is 3.99. The van der Waals surface area contributed by atoms with E-state index < -0.39 is 0 Å². The molecule has 0 unspecified atom stereocenters. The molecule has 0 aliphatic rings. The lowest BCUT2D eigenvalue weighted by Gasteiger charge is -2.13. The van der Waals surface area contributed by atoms with Gasteiger partial charge in [-0.25, -0.2) is 0 Å². The molecule has 1 aromatic carbocycles. The number of nitrogens with one attached hydrogen (secondary N) is 1. The largest absolute Gasteiger partial charge is 0.343 e. The summed E-state index contributed by atoms with van der Waals surface area (Å²) in [5.74, 6) is -0.321. The molecule has 1 amide bonds. The third-order valence-electron chi connectivity index (χ3n) is 5.92. The van der Waals surface area contributed by atoms with Gasteiger partial charge in [-0.05, 0) is 62.2 Å². The van der Waals surface area contributed by atoms with Crippen LogP contribution in [0.25, 0.3) is 22.0 Å². The lowest BCUT2D eigenvalue weighted by molar-refractivity contribution is 0.101. The SMILES string of the molecule is Cc1cc2c(cn1)cc(-c1cc(NC(=O)c3cc(C#N)c(C)n3C)ccc1C)c(=O)n2C. The highest BCUT2D eigenvalue weighted by molar-refractivity contribution is 6.04. The van der Waals surface area contributed by atoms with Crippen LogP contribution in [0, 0.1) is 32.1 Å². The molecular weight excluding hydrogens is 402 g/mol. The van der Waals surface area contributed by atoms with E-state index in [-0.39, 0.29) is 11.5 Å². The van der Waals surface area contributed by atoms with Crippen LogP contribution in [0.1, 0.15) is 33.0 Å². The number of fused-ring (bicyclic) bond motifs is 1. The molecule has 7 heteroatoms. The number of aryl methyl sites for hydroxylation is 3. The molecule has 0 aliphatic carbocycles. The van der Waals surface area contributed by atoms with Crippen LogP contribution in [-0.4, -0.2) is 20.0 Å². The van der Waals surface area contributed by atoms with E-state index in [0.29, 0.717) is 22.5 Å². The second-order valence-corrected chi connectivity index (χ2v) is 7.99. The fraction of sp³-hybridized carbons (Fsp3) is 0.200. The summed E-state index contributed by atoms with van der Waals surface area (Å²) in [4.78, 5) is 30.4. The zero-order chi connectivity index (χ0) is 23.2. The van der Waals surface area contributed by atoms with Crippen molar-refractivity contribution >= 4 is 22.5 Å². The van der Waals surface area contributed by atoms with Crippen LogP contribution in [0.2, 0.25) is 0 Å². The predicted molar refractivity (Wildman–Crippen MR) is 125 cm³/mol. The van der Waals surface area contributed by atoms with Gasteiger partial charge in [0.15, 0.2) is 0 Å². The van der Waals surface area contributed by atoms with Gasteiger partial charge in [-0.3, -0.25) is 14.6 Å². The van der Waals surface area contributed by atoms with Gasteiger partial charge in [-0.2, -0.15) is 5.26 Å². The number of aromatic nitrogens is 3. The second-order valence-electron chi connectivity index (χ2n) is 7.99. The van der Waals surface area contributed by atoms with Crippen LogP contribution in [-0.2, 0) is 14.1 Å². The van der Waals surface area contributed by atoms with Crippen molar-refractivity contribution < 1.29 is 4.79 Å². The molecule has 0 fully saturated rings. The fourth-order valence-corrected chi connectivity index (χ4v) is 3.87. The Morgan fingerprint density at radius 2 is 1.78 bits per heavy atom. The molecule has 32 heavy (non-hydrogen) atoms. The Morgan fingerprint density at radius 3 is 2.47 bits per heavy atom. The van der Waals surface area contributed by atoms with E-state index in [1.54, 1.807) is 54.5 Å². The lowest BCUT2D eigenvalue weighted by Crippen LogP contribution is -2.20. The van der Waals surface area contributed by atoms with Crippen LogP contribution in [0.3, 0.4) is 0 Å². The number of nitrogens with zero attached hydrogens (tertiary/aromatic N) is 4. The van der Waals surface area contributed by atoms with Gasteiger partial charge in [-0.1, -0.05) is 6.07 Å². The Hall–Kier alpha value is -4.18. The summed E-state index contributed by atoms with van der Waals surface area (Å²) in [5, 5.41) is 13.0. The van der Waals surface area contributed by atoms with E-state index in [1.165, 1.54) is 0 Å². The number of amides is 1. The lowest BCUT2D eigenvalue weighted by atomic mass is 9.99. The van der Waals surface area contributed by atoms with Gasteiger partial charge >= 0.3 is 0 Å². The number of hydrogen-bond donors (Lipinski definition) is 1. The van der Waals surface area contributed by atoms with Crippen molar-refractivity contribution in [3.8, 4) is 17.2 Å². The minimum atomic E-state index is -0.321. The number of rotatable bonds is 3. The number of benzene rings is 1. The Balaban J connectivity index is 1.77. The smallest absolute Gasteiger partial charge is 0.272 e. The molecule has 0 atom stereocenters. The molecular formula is C25H23N5O2. The summed E-state index contributed by atoms with van der Waals surface area (Å²) in [6.07, 6.45) is 1.76. The van der Waals surface area contributed by atoms with Gasteiger partial charge in [0.2, 0.25) is 0 Å².